The fourth-order valence-corrected chi connectivity index (χ4v) is 2.86. The second kappa shape index (κ2) is 8.82. The highest BCUT2D eigenvalue weighted by molar-refractivity contribution is 6.03. The molecule has 0 aliphatic carbocycles. The smallest absolute Gasteiger partial charge is 0.351 e. The predicted molar refractivity (Wildman–Crippen MR) is 101 cm³/mol. The second-order valence-corrected chi connectivity index (χ2v) is 6.33. The molecule has 1 fully saturated rings. The number of aromatic nitrogens is 2. The van der Waals surface area contributed by atoms with Crippen molar-refractivity contribution in [2.45, 2.75) is 24.5 Å². The molecule has 0 radical (unpaired) electrons. The Morgan fingerprint density at radius 1 is 1.17 bits per heavy atom. The Morgan fingerprint density at radius 3 is 2.55 bits per heavy atom. The van der Waals surface area contributed by atoms with Crippen LogP contribution in [-0.4, -0.2) is 63.6 Å². The summed E-state index contributed by atoms with van der Waals surface area (Å²) < 4.78 is 6.54. The summed E-state index contributed by atoms with van der Waals surface area (Å²) in [7, 11) is 1.43. The number of hydrogen-bond donors (Lipinski definition) is 5. The van der Waals surface area contributed by atoms with Gasteiger partial charge in [-0.25, -0.2) is 9.59 Å². The van der Waals surface area contributed by atoms with Crippen molar-refractivity contribution in [1.82, 2.24) is 20.2 Å². The number of nitrogens with one attached hydrogen (secondary N) is 3. The third kappa shape index (κ3) is 4.59. The molecule has 1 aromatic heterocycles. The summed E-state index contributed by atoms with van der Waals surface area (Å²) in [6, 6.07) is 9.33. The first-order valence-corrected chi connectivity index (χ1v) is 8.83. The molecule has 4 atom stereocenters. The summed E-state index contributed by atoms with van der Waals surface area (Å²) in [6.07, 6.45) is -3.54. The summed E-state index contributed by atoms with van der Waals surface area (Å²) in [5.74, 6) is -0.394. The molecular weight excluding hydrogens is 382 g/mol. The Kier molecular flexibility index (Phi) is 6.22. The maximum Gasteiger partial charge on any atom is 0.351 e. The summed E-state index contributed by atoms with van der Waals surface area (Å²) in [6.45, 7) is -0.0677. The van der Waals surface area contributed by atoms with Crippen molar-refractivity contribution in [3.63, 3.8) is 0 Å². The lowest BCUT2D eigenvalue weighted by Crippen LogP contribution is -2.42. The Labute approximate surface area is 165 Å². The third-order valence-electron chi connectivity index (χ3n) is 4.41. The van der Waals surface area contributed by atoms with E-state index in [2.05, 4.69) is 20.9 Å². The molecule has 1 aromatic carbocycles. The normalized spacial score (nSPS) is 23.4. The average Bonchev–Trinajstić information content (AvgIpc) is 3.01. The molecule has 11 nitrogen and oxygen atoms in total. The standard InChI is InChI=1S/C18H21N5O6/c1-19-17(27)20-9-11-13(24)14(25)16(29-11)23-8-7-12(22-18(23)28)21-15(26)10-5-3-2-4-6-10/h2-8,11,13-14,16,24-25H,9H2,1H3,(H2,19,20,27)(H,21,22,26,28)/t11-,13?,14?,16-/m1/s1. The Balaban J connectivity index is 1.70. The molecule has 2 heterocycles. The van der Waals surface area contributed by atoms with Gasteiger partial charge in [-0.2, -0.15) is 4.98 Å². The van der Waals surface area contributed by atoms with Crippen LogP contribution in [0.3, 0.4) is 0 Å². The number of amides is 3. The predicted octanol–water partition coefficient (Wildman–Crippen LogP) is -0.956. The van der Waals surface area contributed by atoms with E-state index in [1.807, 2.05) is 0 Å². The molecule has 5 N–H and O–H groups in total. The van der Waals surface area contributed by atoms with Gasteiger partial charge in [0.05, 0.1) is 0 Å². The fourth-order valence-electron chi connectivity index (χ4n) is 2.86. The highest BCUT2D eigenvalue weighted by Gasteiger charge is 2.44. The van der Waals surface area contributed by atoms with E-state index in [0.29, 0.717) is 5.56 Å². The van der Waals surface area contributed by atoms with Gasteiger partial charge in [0.1, 0.15) is 24.1 Å². The molecule has 2 aromatic rings. The van der Waals surface area contributed by atoms with E-state index in [9.17, 15) is 24.6 Å². The summed E-state index contributed by atoms with van der Waals surface area (Å²) in [4.78, 5) is 39.6. The van der Waals surface area contributed by atoms with Crippen LogP contribution in [0.1, 0.15) is 16.6 Å². The van der Waals surface area contributed by atoms with Gasteiger partial charge in [-0.3, -0.25) is 9.36 Å². The number of carbonyl (C=O) groups is 2. The molecule has 11 heteroatoms. The van der Waals surface area contributed by atoms with Crippen molar-refractivity contribution in [3.8, 4) is 0 Å². The van der Waals surface area contributed by atoms with Crippen LogP contribution in [0.4, 0.5) is 10.6 Å². The zero-order chi connectivity index (χ0) is 21.0. The molecule has 0 spiro atoms. The highest BCUT2D eigenvalue weighted by Crippen LogP contribution is 2.28. The minimum absolute atomic E-state index is 0.0333. The van der Waals surface area contributed by atoms with Crippen molar-refractivity contribution in [2.24, 2.45) is 0 Å². The number of hydrogen-bond acceptors (Lipinski definition) is 7. The topological polar surface area (TPSA) is 155 Å². The summed E-state index contributed by atoms with van der Waals surface area (Å²) in [5.41, 5.74) is -0.380. The van der Waals surface area contributed by atoms with Crippen LogP contribution in [0.15, 0.2) is 47.4 Å². The van der Waals surface area contributed by atoms with Crippen molar-refractivity contribution in [3.05, 3.63) is 58.6 Å². The van der Waals surface area contributed by atoms with E-state index in [0.717, 1.165) is 4.57 Å². The van der Waals surface area contributed by atoms with Crippen LogP contribution in [0, 0.1) is 0 Å². The molecule has 1 aliphatic heterocycles. The summed E-state index contributed by atoms with van der Waals surface area (Å²) >= 11 is 0. The Morgan fingerprint density at radius 2 is 1.90 bits per heavy atom. The van der Waals surface area contributed by atoms with Crippen molar-refractivity contribution in [1.29, 1.82) is 0 Å². The number of benzene rings is 1. The van der Waals surface area contributed by atoms with Gasteiger partial charge in [0.15, 0.2) is 6.23 Å². The van der Waals surface area contributed by atoms with E-state index in [1.165, 1.54) is 19.3 Å². The van der Waals surface area contributed by atoms with Crippen molar-refractivity contribution in [2.75, 3.05) is 18.9 Å². The monoisotopic (exact) mass is 403 g/mol. The molecule has 0 saturated carbocycles. The molecule has 2 unspecified atom stereocenters. The van der Waals surface area contributed by atoms with Crippen LogP contribution in [0.2, 0.25) is 0 Å². The number of aliphatic hydroxyl groups is 2. The quantitative estimate of drug-likeness (QED) is 0.431. The molecule has 0 bridgehead atoms. The number of aliphatic hydroxyl groups excluding tert-OH is 2. The minimum atomic E-state index is -1.41. The number of urea groups is 1. The lowest BCUT2D eigenvalue weighted by atomic mass is 10.1. The van der Waals surface area contributed by atoms with Crippen LogP contribution in [0.5, 0.6) is 0 Å². The molecule has 29 heavy (non-hydrogen) atoms. The third-order valence-corrected chi connectivity index (χ3v) is 4.41. The SMILES string of the molecule is CNC(=O)NC[C@H]1O[C@@H](n2ccc(NC(=O)c3ccccc3)nc2=O)C(O)C1O. The van der Waals surface area contributed by atoms with Gasteiger partial charge in [-0.05, 0) is 18.2 Å². The van der Waals surface area contributed by atoms with Gasteiger partial charge in [-0.1, -0.05) is 18.2 Å². The maximum absolute atomic E-state index is 12.4. The van der Waals surface area contributed by atoms with Crippen LogP contribution in [0.25, 0.3) is 0 Å². The molecule has 3 rings (SSSR count). The largest absolute Gasteiger partial charge is 0.387 e. The second-order valence-electron chi connectivity index (χ2n) is 6.33. The number of anilines is 1. The van der Waals surface area contributed by atoms with Crippen molar-refractivity contribution < 1.29 is 24.5 Å². The van der Waals surface area contributed by atoms with Crippen LogP contribution in [-0.2, 0) is 4.74 Å². The average molecular weight is 403 g/mol. The van der Waals surface area contributed by atoms with E-state index < -0.39 is 42.2 Å². The lowest BCUT2D eigenvalue weighted by Gasteiger charge is -2.17. The Bertz CT molecular complexity index is 934. The number of nitrogens with zero attached hydrogens (tertiary/aromatic N) is 2. The van der Waals surface area contributed by atoms with Gasteiger partial charge < -0.3 is 30.9 Å². The molecule has 1 saturated heterocycles. The van der Waals surface area contributed by atoms with Crippen LogP contribution >= 0.6 is 0 Å². The van der Waals surface area contributed by atoms with Crippen molar-refractivity contribution >= 4 is 17.8 Å². The van der Waals surface area contributed by atoms with E-state index in [1.54, 1.807) is 30.3 Å². The first-order valence-electron chi connectivity index (χ1n) is 8.83. The molecular formula is C18H21N5O6. The first kappa shape index (κ1) is 20.5. The van der Waals surface area contributed by atoms with Gasteiger partial charge in [0.25, 0.3) is 5.91 Å². The van der Waals surface area contributed by atoms with Gasteiger partial charge >= 0.3 is 11.7 Å². The zero-order valence-electron chi connectivity index (χ0n) is 15.5. The number of carbonyl (C=O) groups excluding carboxylic acids is 2. The molecule has 154 valence electrons. The van der Waals surface area contributed by atoms with Crippen LogP contribution < -0.4 is 21.6 Å². The maximum atomic E-state index is 12.4. The molecule has 3 amide bonds. The molecule has 1 aliphatic rings. The lowest BCUT2D eigenvalue weighted by molar-refractivity contribution is -0.0383. The van der Waals surface area contributed by atoms with Gasteiger partial charge in [-0.15, -0.1) is 0 Å². The fraction of sp³-hybridized carbons (Fsp3) is 0.333. The minimum Gasteiger partial charge on any atom is -0.387 e. The zero-order valence-corrected chi connectivity index (χ0v) is 15.5. The first-order chi connectivity index (χ1) is 13.9. The van der Waals surface area contributed by atoms with Gasteiger partial charge in [0, 0.05) is 25.4 Å². The number of ether oxygens (including phenoxy) is 1. The Hall–Kier alpha value is -3.28. The highest BCUT2D eigenvalue weighted by atomic mass is 16.6. The van der Waals surface area contributed by atoms with Gasteiger partial charge in [0.2, 0.25) is 0 Å². The summed E-state index contributed by atoms with van der Waals surface area (Å²) in [5, 5.41) is 27.7. The number of rotatable bonds is 5. The van der Waals surface area contributed by atoms with E-state index >= 15 is 0 Å². The van der Waals surface area contributed by atoms with E-state index in [-0.39, 0.29) is 12.4 Å². The van der Waals surface area contributed by atoms with E-state index in [4.69, 9.17) is 4.74 Å².